The number of rotatable bonds is 4. The molecular weight excluding hydrogens is 382 g/mol. The van der Waals surface area contributed by atoms with Crippen LogP contribution in [0.2, 0.25) is 0 Å². The van der Waals surface area contributed by atoms with Gasteiger partial charge in [0.05, 0.1) is 17.4 Å². The van der Waals surface area contributed by atoms with Crippen LogP contribution in [0.25, 0.3) is 5.52 Å². The molecule has 2 aliphatic rings. The maximum Gasteiger partial charge on any atom is 0.284 e. The number of aromatic nitrogens is 5. The van der Waals surface area contributed by atoms with E-state index in [0.717, 1.165) is 26.1 Å². The van der Waals surface area contributed by atoms with Gasteiger partial charge in [-0.1, -0.05) is 0 Å². The minimum absolute atomic E-state index is 0.0181. The fourth-order valence-electron chi connectivity index (χ4n) is 4.16. The number of alkyl halides is 2. The second kappa shape index (κ2) is 6.76. The Morgan fingerprint density at radius 1 is 1.31 bits per heavy atom. The van der Waals surface area contributed by atoms with Gasteiger partial charge >= 0.3 is 0 Å². The zero-order chi connectivity index (χ0) is 20.1. The molecule has 5 heterocycles. The van der Waals surface area contributed by atoms with Gasteiger partial charge in [0.1, 0.15) is 5.69 Å². The van der Waals surface area contributed by atoms with Gasteiger partial charge in [0.2, 0.25) is 5.95 Å². The van der Waals surface area contributed by atoms with E-state index in [1.165, 1.54) is 22.4 Å². The number of carbonyl (C=O) groups excluding carboxylic acids is 1. The Morgan fingerprint density at radius 3 is 2.97 bits per heavy atom. The number of hydrogen-bond acceptors (Lipinski definition) is 6. The highest BCUT2D eigenvalue weighted by atomic mass is 19.3. The highest BCUT2D eigenvalue weighted by Crippen LogP contribution is 2.27. The van der Waals surface area contributed by atoms with Crippen LogP contribution in [0.3, 0.4) is 0 Å². The van der Waals surface area contributed by atoms with Crippen LogP contribution in [-0.4, -0.2) is 56.0 Å². The minimum Gasteiger partial charge on any atom is -0.338 e. The van der Waals surface area contributed by atoms with Crippen molar-refractivity contribution in [1.29, 1.82) is 0 Å². The van der Waals surface area contributed by atoms with Gasteiger partial charge in [0.25, 0.3) is 12.3 Å². The molecule has 2 saturated heterocycles. The molecule has 2 aliphatic heterocycles. The summed E-state index contributed by atoms with van der Waals surface area (Å²) in [6.45, 7) is 2.68. The summed E-state index contributed by atoms with van der Waals surface area (Å²) in [6.07, 6.45) is 1.39. The zero-order valence-corrected chi connectivity index (χ0v) is 15.7. The molecule has 0 spiro atoms. The van der Waals surface area contributed by atoms with Crippen molar-refractivity contribution in [2.24, 2.45) is 13.0 Å². The monoisotopic (exact) mass is 402 g/mol. The second-order valence-electron chi connectivity index (χ2n) is 7.58. The van der Waals surface area contributed by atoms with Gasteiger partial charge in [-0.3, -0.25) is 9.48 Å². The van der Waals surface area contributed by atoms with E-state index in [9.17, 15) is 13.6 Å². The first-order valence-electron chi connectivity index (χ1n) is 9.44. The molecule has 0 radical (unpaired) electrons. The third kappa shape index (κ3) is 3.20. The molecule has 0 aromatic carbocycles. The van der Waals surface area contributed by atoms with Crippen molar-refractivity contribution >= 4 is 23.1 Å². The molecule has 2 fully saturated rings. The predicted octanol–water partition coefficient (Wildman–Crippen LogP) is 1.45. The lowest BCUT2D eigenvalue weighted by Gasteiger charge is -2.30. The molecule has 3 aromatic rings. The quantitative estimate of drug-likeness (QED) is 0.686. The molecule has 0 saturated carbocycles. The summed E-state index contributed by atoms with van der Waals surface area (Å²) in [5.41, 5.74) is 0.409. The van der Waals surface area contributed by atoms with Crippen molar-refractivity contribution in [3.05, 3.63) is 35.9 Å². The minimum atomic E-state index is -2.78. The highest BCUT2D eigenvalue weighted by Gasteiger charge is 2.33. The summed E-state index contributed by atoms with van der Waals surface area (Å²) in [4.78, 5) is 19.3. The van der Waals surface area contributed by atoms with Gasteiger partial charge in [-0.25, -0.2) is 18.3 Å². The largest absolute Gasteiger partial charge is 0.338 e. The lowest BCUT2D eigenvalue weighted by Crippen LogP contribution is -2.42. The van der Waals surface area contributed by atoms with Crippen molar-refractivity contribution in [3.8, 4) is 0 Å². The van der Waals surface area contributed by atoms with E-state index in [1.54, 1.807) is 18.3 Å². The number of nitrogens with one attached hydrogen (secondary N) is 2. The van der Waals surface area contributed by atoms with Gasteiger partial charge in [0, 0.05) is 38.9 Å². The summed E-state index contributed by atoms with van der Waals surface area (Å²) < 4.78 is 29.0. The van der Waals surface area contributed by atoms with Crippen LogP contribution in [-0.2, 0) is 7.05 Å². The normalized spacial score (nSPS) is 21.3. The molecule has 29 heavy (non-hydrogen) atoms. The zero-order valence-electron chi connectivity index (χ0n) is 15.7. The third-order valence-corrected chi connectivity index (χ3v) is 5.45. The van der Waals surface area contributed by atoms with E-state index in [4.69, 9.17) is 0 Å². The molecule has 1 amide bonds. The maximum atomic E-state index is 13.2. The summed E-state index contributed by atoms with van der Waals surface area (Å²) in [6, 6.07) is 3.75. The standard InChI is InChI=1S/C18H20F2N8O/c1-26-9-13(15(24-26)16(19)20)23-17(29)14-3-2-12-6-22-18(25-28(12)14)27-7-10-4-11(8-27)21-5-10/h2-3,6,9-11,16,21H,4-5,7-8H2,1H3,(H,23,29)/t10-,11-/m0/s1. The third-order valence-electron chi connectivity index (χ3n) is 5.45. The van der Waals surface area contributed by atoms with Gasteiger partial charge in [-0.15, -0.1) is 5.10 Å². The lowest BCUT2D eigenvalue weighted by molar-refractivity contribution is 0.101. The number of aryl methyl sites for hydroxylation is 1. The van der Waals surface area contributed by atoms with E-state index in [0.29, 0.717) is 23.4 Å². The average Bonchev–Trinajstić information content (AvgIpc) is 3.37. The first-order chi connectivity index (χ1) is 14.0. The number of fused-ring (bicyclic) bond motifs is 3. The van der Waals surface area contributed by atoms with Crippen LogP contribution in [0.4, 0.5) is 20.4 Å². The van der Waals surface area contributed by atoms with Crippen molar-refractivity contribution in [1.82, 2.24) is 29.7 Å². The van der Waals surface area contributed by atoms with Gasteiger partial charge in [-0.2, -0.15) is 5.10 Å². The Bertz CT molecular complexity index is 1070. The first kappa shape index (κ1) is 18.0. The highest BCUT2D eigenvalue weighted by molar-refractivity contribution is 6.04. The molecule has 9 nitrogen and oxygen atoms in total. The summed E-state index contributed by atoms with van der Waals surface area (Å²) in [5.74, 6) is 0.583. The van der Waals surface area contributed by atoms with Gasteiger partial charge in [-0.05, 0) is 24.5 Å². The Morgan fingerprint density at radius 2 is 2.17 bits per heavy atom. The van der Waals surface area contributed by atoms with Crippen LogP contribution in [0.1, 0.15) is 29.0 Å². The van der Waals surface area contributed by atoms with E-state index in [-0.39, 0.29) is 11.4 Å². The van der Waals surface area contributed by atoms with Crippen molar-refractivity contribution in [2.45, 2.75) is 18.9 Å². The Hall–Kier alpha value is -3.08. The predicted molar refractivity (Wildman–Crippen MR) is 101 cm³/mol. The number of halogens is 2. The van der Waals surface area contributed by atoms with Crippen LogP contribution in [0.15, 0.2) is 24.5 Å². The van der Waals surface area contributed by atoms with Gasteiger partial charge in [0.15, 0.2) is 5.69 Å². The van der Waals surface area contributed by atoms with Crippen molar-refractivity contribution in [2.75, 3.05) is 29.9 Å². The Labute approximate surface area is 164 Å². The van der Waals surface area contributed by atoms with Crippen molar-refractivity contribution in [3.63, 3.8) is 0 Å². The summed E-state index contributed by atoms with van der Waals surface area (Å²) in [7, 11) is 1.52. The molecule has 152 valence electrons. The SMILES string of the molecule is Cn1cc(NC(=O)c2ccc3cnc(N4C[C@@H]5CN[C@@H](C5)C4)nn23)c(C(F)F)n1. The molecular formula is C18H20F2N8O. The smallest absolute Gasteiger partial charge is 0.284 e. The fraction of sp³-hybridized carbons (Fsp3) is 0.444. The Balaban J connectivity index is 1.44. The van der Waals surface area contributed by atoms with Crippen LogP contribution in [0.5, 0.6) is 0 Å². The molecule has 0 unspecified atom stereocenters. The van der Waals surface area contributed by atoms with Crippen LogP contribution in [0, 0.1) is 5.92 Å². The topological polar surface area (TPSA) is 92.4 Å². The molecule has 0 aliphatic carbocycles. The van der Waals surface area contributed by atoms with Crippen molar-refractivity contribution < 1.29 is 13.6 Å². The summed E-state index contributed by atoms with van der Waals surface area (Å²) >= 11 is 0. The lowest BCUT2D eigenvalue weighted by atomic mass is 10.0. The number of anilines is 2. The number of amides is 1. The number of nitrogens with zero attached hydrogens (tertiary/aromatic N) is 6. The number of piperidine rings is 1. The molecule has 2 N–H and O–H groups in total. The maximum absolute atomic E-state index is 13.2. The fourth-order valence-corrected chi connectivity index (χ4v) is 4.16. The number of carbonyl (C=O) groups is 1. The first-order valence-corrected chi connectivity index (χ1v) is 9.44. The molecule has 2 bridgehead atoms. The van der Waals surface area contributed by atoms with E-state index < -0.39 is 18.0 Å². The van der Waals surface area contributed by atoms with E-state index >= 15 is 0 Å². The van der Waals surface area contributed by atoms with Crippen LogP contribution < -0.4 is 15.5 Å². The number of hydrogen-bond donors (Lipinski definition) is 2. The Kier molecular flexibility index (Phi) is 4.19. The van der Waals surface area contributed by atoms with E-state index in [2.05, 4.69) is 30.7 Å². The molecule has 11 heteroatoms. The average molecular weight is 402 g/mol. The molecule has 5 rings (SSSR count). The second-order valence-corrected chi connectivity index (χ2v) is 7.58. The van der Waals surface area contributed by atoms with Crippen LogP contribution >= 0.6 is 0 Å². The molecule has 2 atom stereocenters. The van der Waals surface area contributed by atoms with E-state index in [1.807, 2.05) is 0 Å². The summed E-state index contributed by atoms with van der Waals surface area (Å²) in [5, 5.41) is 14.3. The van der Waals surface area contributed by atoms with Gasteiger partial charge < -0.3 is 15.5 Å². The molecule has 3 aromatic heterocycles.